The lowest BCUT2D eigenvalue weighted by Crippen LogP contribution is -2.19. The summed E-state index contributed by atoms with van der Waals surface area (Å²) in [4.78, 5) is 0. The van der Waals surface area contributed by atoms with Crippen LogP contribution < -0.4 is 5.73 Å². The second-order valence-corrected chi connectivity index (χ2v) is 5.22. The second-order valence-electron chi connectivity index (χ2n) is 4.27. The van der Waals surface area contributed by atoms with Gasteiger partial charge in [0.15, 0.2) is 5.82 Å². The minimum Gasteiger partial charge on any atom is -0.330 e. The third kappa shape index (κ3) is 1.66. The maximum Gasteiger partial charge on any atom is 0.212 e. The summed E-state index contributed by atoms with van der Waals surface area (Å²) in [5, 5.41) is 14.0. The lowest BCUT2D eigenvalue weighted by molar-refractivity contribution is 0.388. The molecule has 2 N–H and O–H groups in total. The molecule has 1 saturated carbocycles. The molecule has 6 heteroatoms. The molecule has 2 heterocycles. The Hall–Kier alpha value is -0.880. The van der Waals surface area contributed by atoms with Gasteiger partial charge in [-0.3, -0.25) is 0 Å². The van der Waals surface area contributed by atoms with Crippen LogP contribution in [0.2, 0.25) is 0 Å². The van der Waals surface area contributed by atoms with Crippen molar-refractivity contribution in [1.82, 2.24) is 14.9 Å². The molecule has 0 spiro atoms. The highest BCUT2D eigenvalue weighted by molar-refractivity contribution is 7.99. The van der Waals surface area contributed by atoms with E-state index in [-0.39, 0.29) is 0 Å². The summed E-state index contributed by atoms with van der Waals surface area (Å²) < 4.78 is 1.93. The summed E-state index contributed by atoms with van der Waals surface area (Å²) in [7, 11) is 0. The van der Waals surface area contributed by atoms with Gasteiger partial charge in [-0.2, -0.15) is 9.78 Å². The van der Waals surface area contributed by atoms with Crippen LogP contribution in [-0.2, 0) is 0 Å². The molecule has 0 amide bonds. The Labute approximate surface area is 98.5 Å². The van der Waals surface area contributed by atoms with Gasteiger partial charge < -0.3 is 5.73 Å². The van der Waals surface area contributed by atoms with Crippen LogP contribution in [0.15, 0.2) is 10.3 Å². The minimum atomic E-state index is 0.572. The Morgan fingerprint density at radius 2 is 2.25 bits per heavy atom. The van der Waals surface area contributed by atoms with Gasteiger partial charge in [-0.25, -0.2) is 0 Å². The Bertz CT molecular complexity index is 421. The van der Waals surface area contributed by atoms with E-state index >= 15 is 0 Å². The van der Waals surface area contributed by atoms with Crippen molar-refractivity contribution in [3.05, 3.63) is 5.82 Å². The Morgan fingerprint density at radius 3 is 2.94 bits per heavy atom. The second kappa shape index (κ2) is 4.18. The lowest BCUT2D eigenvalue weighted by Gasteiger charge is -2.24. The van der Waals surface area contributed by atoms with Crippen LogP contribution in [0, 0.1) is 0 Å². The number of fused-ring (bicyclic) bond motifs is 1. The van der Waals surface area contributed by atoms with Crippen molar-refractivity contribution >= 4 is 17.5 Å². The van der Waals surface area contributed by atoms with Crippen molar-refractivity contribution in [3.8, 4) is 0 Å². The fourth-order valence-electron chi connectivity index (χ4n) is 1.99. The number of rotatable bonds is 3. The maximum atomic E-state index is 5.56. The van der Waals surface area contributed by atoms with Crippen molar-refractivity contribution in [2.24, 2.45) is 10.8 Å². The average Bonchev–Trinajstić information content (AvgIpc) is 2.60. The van der Waals surface area contributed by atoms with Gasteiger partial charge in [0.25, 0.3) is 0 Å². The SMILES string of the molecule is NCCC1=Nn2c(nnc2C2CCC2)SC1. The molecule has 1 aliphatic heterocycles. The van der Waals surface area contributed by atoms with Crippen LogP contribution in [0.3, 0.4) is 0 Å². The number of thioether (sulfide) groups is 1. The van der Waals surface area contributed by atoms with E-state index in [0.29, 0.717) is 12.5 Å². The molecule has 0 atom stereocenters. The molecule has 86 valence electrons. The van der Waals surface area contributed by atoms with Gasteiger partial charge in [-0.05, 0) is 19.4 Å². The van der Waals surface area contributed by atoms with Crippen molar-refractivity contribution in [2.45, 2.75) is 36.8 Å². The van der Waals surface area contributed by atoms with E-state index in [0.717, 1.165) is 28.9 Å². The van der Waals surface area contributed by atoms with E-state index in [1.54, 1.807) is 11.8 Å². The third-order valence-corrected chi connectivity index (χ3v) is 4.14. The average molecular weight is 237 g/mol. The van der Waals surface area contributed by atoms with E-state index in [1.807, 2.05) is 4.68 Å². The van der Waals surface area contributed by atoms with Crippen LogP contribution >= 0.6 is 11.8 Å². The molecule has 0 saturated heterocycles. The molecule has 5 nitrogen and oxygen atoms in total. The predicted octanol–water partition coefficient (Wildman–Crippen LogP) is 1.20. The fourth-order valence-corrected chi connectivity index (χ4v) is 2.84. The molecule has 2 aliphatic rings. The number of hydrogen-bond acceptors (Lipinski definition) is 5. The number of aromatic nitrogens is 3. The van der Waals surface area contributed by atoms with Crippen molar-refractivity contribution < 1.29 is 0 Å². The number of hydrogen-bond donors (Lipinski definition) is 1. The molecular weight excluding hydrogens is 222 g/mol. The summed E-state index contributed by atoms with van der Waals surface area (Å²) in [6.07, 6.45) is 4.63. The first-order valence-electron chi connectivity index (χ1n) is 5.73. The van der Waals surface area contributed by atoms with Crippen LogP contribution in [0.4, 0.5) is 0 Å². The first kappa shape index (κ1) is 10.3. The summed E-state index contributed by atoms with van der Waals surface area (Å²) in [5.74, 6) is 2.52. The molecule has 0 aromatic carbocycles. The maximum absolute atomic E-state index is 5.56. The Balaban J connectivity index is 1.91. The van der Waals surface area contributed by atoms with Gasteiger partial charge in [0, 0.05) is 18.1 Å². The third-order valence-electron chi connectivity index (χ3n) is 3.15. The van der Waals surface area contributed by atoms with E-state index in [4.69, 9.17) is 5.73 Å². The molecular formula is C10H15N5S. The topological polar surface area (TPSA) is 69.1 Å². The van der Waals surface area contributed by atoms with Gasteiger partial charge >= 0.3 is 0 Å². The van der Waals surface area contributed by atoms with Crippen molar-refractivity contribution in [2.75, 3.05) is 12.3 Å². The zero-order chi connectivity index (χ0) is 11.0. The zero-order valence-electron chi connectivity index (χ0n) is 9.09. The Kier molecular flexibility index (Phi) is 2.69. The normalized spacial score (nSPS) is 20.2. The highest BCUT2D eigenvalue weighted by Gasteiger charge is 2.28. The van der Waals surface area contributed by atoms with E-state index in [2.05, 4.69) is 15.3 Å². The monoisotopic (exact) mass is 237 g/mol. The van der Waals surface area contributed by atoms with Gasteiger partial charge in [-0.15, -0.1) is 10.2 Å². The first-order valence-corrected chi connectivity index (χ1v) is 6.72. The molecule has 3 rings (SSSR count). The fraction of sp³-hybridized carbons (Fsp3) is 0.700. The van der Waals surface area contributed by atoms with Gasteiger partial charge in [0.2, 0.25) is 5.16 Å². The predicted molar refractivity (Wildman–Crippen MR) is 63.8 cm³/mol. The molecule has 1 aliphatic carbocycles. The molecule has 16 heavy (non-hydrogen) atoms. The lowest BCUT2D eigenvalue weighted by atomic mass is 9.85. The summed E-state index contributed by atoms with van der Waals surface area (Å²) in [6, 6.07) is 0. The minimum absolute atomic E-state index is 0.572. The molecule has 0 unspecified atom stereocenters. The standard InChI is InChI=1S/C10H15N5S/c11-5-4-8-6-16-10-13-12-9(15(10)14-8)7-2-1-3-7/h7H,1-6,11H2. The van der Waals surface area contributed by atoms with Gasteiger partial charge in [0.1, 0.15) is 0 Å². The first-order chi connectivity index (χ1) is 7.88. The van der Waals surface area contributed by atoms with E-state index < -0.39 is 0 Å². The number of nitrogens with two attached hydrogens (primary N) is 1. The van der Waals surface area contributed by atoms with E-state index in [9.17, 15) is 0 Å². The quantitative estimate of drug-likeness (QED) is 0.857. The highest BCUT2D eigenvalue weighted by atomic mass is 32.2. The number of nitrogens with zero attached hydrogens (tertiary/aromatic N) is 4. The summed E-state index contributed by atoms with van der Waals surface area (Å²) >= 11 is 1.71. The van der Waals surface area contributed by atoms with Crippen molar-refractivity contribution in [3.63, 3.8) is 0 Å². The van der Waals surface area contributed by atoms with Crippen LogP contribution in [0.25, 0.3) is 0 Å². The summed E-state index contributed by atoms with van der Waals surface area (Å²) in [5.41, 5.74) is 6.71. The van der Waals surface area contributed by atoms with Gasteiger partial charge in [0.05, 0.1) is 5.71 Å². The Morgan fingerprint density at radius 1 is 1.38 bits per heavy atom. The zero-order valence-corrected chi connectivity index (χ0v) is 9.91. The smallest absolute Gasteiger partial charge is 0.212 e. The van der Waals surface area contributed by atoms with E-state index in [1.165, 1.54) is 19.3 Å². The largest absolute Gasteiger partial charge is 0.330 e. The van der Waals surface area contributed by atoms with Crippen LogP contribution in [-0.4, -0.2) is 32.9 Å². The molecule has 1 aromatic rings. The molecule has 0 bridgehead atoms. The van der Waals surface area contributed by atoms with Crippen molar-refractivity contribution in [1.29, 1.82) is 0 Å². The highest BCUT2D eigenvalue weighted by Crippen LogP contribution is 2.37. The molecule has 1 fully saturated rings. The summed E-state index contributed by atoms with van der Waals surface area (Å²) in [6.45, 7) is 0.662. The molecule has 1 aromatic heterocycles. The van der Waals surface area contributed by atoms with Crippen LogP contribution in [0.5, 0.6) is 0 Å². The molecule has 0 radical (unpaired) electrons. The van der Waals surface area contributed by atoms with Crippen LogP contribution in [0.1, 0.15) is 37.4 Å². The van der Waals surface area contributed by atoms with Gasteiger partial charge in [-0.1, -0.05) is 18.2 Å².